The standard InChI is InChI=1S/C56H33N5O2/c1-2-12-34(13-3-1)37-24-26-42-41-18-4-7-21-47(41)61(48(42)30-37)40-17-11-15-36(29-40)35-14-10-16-38(28-35)54-58-55(39-25-27-44-43-19-5-8-22-49(43)62-51(44)31-39)60-56(59-54)46-32-57-33-52-53(46)45-20-6-9-23-50(45)63-52/h1-33H. The molecule has 0 unspecified atom stereocenters. The van der Waals surface area contributed by atoms with Gasteiger partial charge in [-0.05, 0) is 76.9 Å². The first-order chi connectivity index (χ1) is 31.2. The largest absolute Gasteiger partial charge is 0.456 e. The molecule has 0 spiro atoms. The van der Waals surface area contributed by atoms with Gasteiger partial charge in [0.25, 0.3) is 0 Å². The van der Waals surface area contributed by atoms with Crippen LogP contribution in [0.2, 0.25) is 0 Å². The lowest BCUT2D eigenvalue weighted by molar-refractivity contribution is 0.667. The molecule has 0 aliphatic rings. The summed E-state index contributed by atoms with van der Waals surface area (Å²) in [6.45, 7) is 0. The minimum atomic E-state index is 0.498. The van der Waals surface area contributed by atoms with E-state index in [9.17, 15) is 0 Å². The van der Waals surface area contributed by atoms with E-state index in [-0.39, 0.29) is 0 Å². The lowest BCUT2D eigenvalue weighted by Gasteiger charge is -2.12. The van der Waals surface area contributed by atoms with Gasteiger partial charge in [-0.1, -0.05) is 133 Å². The Bertz CT molecular complexity index is 3940. The maximum absolute atomic E-state index is 6.32. The van der Waals surface area contributed by atoms with Crippen LogP contribution in [0.25, 0.3) is 128 Å². The molecule has 0 amide bonds. The smallest absolute Gasteiger partial charge is 0.166 e. The zero-order valence-corrected chi connectivity index (χ0v) is 33.6. The molecule has 7 nitrogen and oxygen atoms in total. The number of rotatable bonds is 6. The Hall–Kier alpha value is -8.68. The molecule has 0 N–H and O–H groups in total. The average molecular weight is 808 g/mol. The van der Waals surface area contributed by atoms with Gasteiger partial charge in [-0.15, -0.1) is 0 Å². The fourth-order valence-corrected chi connectivity index (χ4v) is 9.19. The number of nitrogens with zero attached hydrogens (tertiary/aromatic N) is 5. The normalized spacial score (nSPS) is 11.8. The predicted octanol–water partition coefficient (Wildman–Crippen LogP) is 14.5. The second-order valence-corrected chi connectivity index (χ2v) is 15.9. The van der Waals surface area contributed by atoms with Gasteiger partial charge in [-0.2, -0.15) is 0 Å². The van der Waals surface area contributed by atoms with Crippen molar-refractivity contribution in [3.63, 3.8) is 0 Å². The molecule has 294 valence electrons. The van der Waals surface area contributed by atoms with Crippen molar-refractivity contribution in [3.05, 3.63) is 200 Å². The molecule has 63 heavy (non-hydrogen) atoms. The van der Waals surface area contributed by atoms with Crippen molar-refractivity contribution in [3.8, 4) is 62.1 Å². The third-order valence-corrected chi connectivity index (χ3v) is 12.1. The van der Waals surface area contributed by atoms with Crippen LogP contribution in [-0.4, -0.2) is 24.5 Å². The fraction of sp³-hybridized carbons (Fsp3) is 0. The van der Waals surface area contributed by atoms with E-state index in [4.69, 9.17) is 23.8 Å². The van der Waals surface area contributed by atoms with E-state index in [1.807, 2.05) is 48.7 Å². The molecule has 5 heterocycles. The molecular weight excluding hydrogens is 775 g/mol. The van der Waals surface area contributed by atoms with Crippen molar-refractivity contribution in [2.75, 3.05) is 0 Å². The minimum absolute atomic E-state index is 0.498. The molecular formula is C56H33N5O2. The third kappa shape index (κ3) is 5.75. The summed E-state index contributed by atoms with van der Waals surface area (Å²) >= 11 is 0. The van der Waals surface area contributed by atoms with Crippen LogP contribution in [0.1, 0.15) is 0 Å². The second kappa shape index (κ2) is 13.9. The predicted molar refractivity (Wildman–Crippen MR) is 254 cm³/mol. The van der Waals surface area contributed by atoms with E-state index in [2.05, 4.69) is 155 Å². The second-order valence-electron chi connectivity index (χ2n) is 15.9. The first-order valence-electron chi connectivity index (χ1n) is 20.9. The maximum Gasteiger partial charge on any atom is 0.166 e. The van der Waals surface area contributed by atoms with Gasteiger partial charge in [-0.25, -0.2) is 15.0 Å². The maximum atomic E-state index is 6.32. The SMILES string of the molecule is c1ccc(-c2ccc3c4ccccc4n(-c4cccc(-c5cccc(-c6nc(-c7ccc8c(c7)oc7ccccc78)nc(-c7cncc8oc9ccccc9c78)n6)c5)c4)c3c2)cc1. The first kappa shape index (κ1) is 35.1. The Morgan fingerprint density at radius 1 is 0.333 bits per heavy atom. The number of pyridine rings is 1. The van der Waals surface area contributed by atoms with Crippen molar-refractivity contribution in [1.29, 1.82) is 0 Å². The Balaban J connectivity index is 0.966. The van der Waals surface area contributed by atoms with Crippen molar-refractivity contribution in [1.82, 2.24) is 24.5 Å². The van der Waals surface area contributed by atoms with Crippen molar-refractivity contribution >= 4 is 65.7 Å². The minimum Gasteiger partial charge on any atom is -0.456 e. The highest BCUT2D eigenvalue weighted by Gasteiger charge is 2.20. The van der Waals surface area contributed by atoms with Gasteiger partial charge < -0.3 is 13.4 Å². The van der Waals surface area contributed by atoms with Crippen LogP contribution < -0.4 is 0 Å². The van der Waals surface area contributed by atoms with E-state index >= 15 is 0 Å². The molecule has 13 rings (SSSR count). The number of aromatic nitrogens is 5. The first-order valence-corrected chi connectivity index (χ1v) is 20.9. The number of para-hydroxylation sites is 3. The number of furan rings is 2. The monoisotopic (exact) mass is 807 g/mol. The molecule has 8 aromatic carbocycles. The molecule has 0 aliphatic carbocycles. The van der Waals surface area contributed by atoms with Crippen molar-refractivity contribution in [2.24, 2.45) is 0 Å². The Morgan fingerprint density at radius 2 is 0.905 bits per heavy atom. The van der Waals surface area contributed by atoms with Crippen molar-refractivity contribution < 1.29 is 8.83 Å². The van der Waals surface area contributed by atoms with Crippen LogP contribution in [0.4, 0.5) is 0 Å². The summed E-state index contributed by atoms with van der Waals surface area (Å²) in [4.78, 5) is 20.1. The fourth-order valence-electron chi connectivity index (χ4n) is 9.19. The van der Waals surface area contributed by atoms with Crippen LogP contribution in [0.15, 0.2) is 209 Å². The highest BCUT2D eigenvalue weighted by molar-refractivity contribution is 6.12. The molecule has 0 aliphatic heterocycles. The van der Waals surface area contributed by atoms with Gasteiger partial charge in [-0.3, -0.25) is 4.98 Å². The summed E-state index contributed by atoms with van der Waals surface area (Å²) in [5.74, 6) is 1.56. The molecule has 5 aromatic heterocycles. The highest BCUT2D eigenvalue weighted by Crippen LogP contribution is 2.39. The number of fused-ring (bicyclic) bond motifs is 9. The highest BCUT2D eigenvalue weighted by atomic mass is 16.3. The van der Waals surface area contributed by atoms with Crippen LogP contribution in [-0.2, 0) is 0 Å². The summed E-state index contributed by atoms with van der Waals surface area (Å²) in [5.41, 5.74) is 13.3. The number of hydrogen-bond acceptors (Lipinski definition) is 6. The molecule has 0 saturated carbocycles. The lowest BCUT2D eigenvalue weighted by atomic mass is 10.0. The van der Waals surface area contributed by atoms with Gasteiger partial charge in [0, 0.05) is 60.9 Å². The third-order valence-electron chi connectivity index (χ3n) is 12.1. The van der Waals surface area contributed by atoms with Gasteiger partial charge in [0.05, 0.1) is 17.2 Å². The van der Waals surface area contributed by atoms with Gasteiger partial charge in [0.15, 0.2) is 23.1 Å². The summed E-state index contributed by atoms with van der Waals surface area (Å²) in [7, 11) is 0. The Kier molecular flexibility index (Phi) is 7.77. The zero-order chi connectivity index (χ0) is 41.4. The van der Waals surface area contributed by atoms with E-state index in [1.54, 1.807) is 6.20 Å². The Labute approximate surface area is 360 Å². The number of benzene rings is 8. The van der Waals surface area contributed by atoms with E-state index in [0.717, 1.165) is 82.8 Å². The van der Waals surface area contributed by atoms with Crippen LogP contribution in [0.5, 0.6) is 0 Å². The summed E-state index contributed by atoms with van der Waals surface area (Å²) < 4.78 is 14.9. The molecule has 0 fully saturated rings. The summed E-state index contributed by atoms with van der Waals surface area (Å²) in [6, 6.07) is 65.4. The van der Waals surface area contributed by atoms with E-state index in [0.29, 0.717) is 23.1 Å². The topological polar surface area (TPSA) is 82.8 Å². The summed E-state index contributed by atoms with van der Waals surface area (Å²) in [5, 5.41) is 6.41. The molecule has 0 atom stereocenters. The van der Waals surface area contributed by atoms with Crippen LogP contribution in [0, 0.1) is 0 Å². The molecule has 0 bridgehead atoms. The lowest BCUT2D eigenvalue weighted by Crippen LogP contribution is -2.01. The Morgan fingerprint density at radius 3 is 1.76 bits per heavy atom. The van der Waals surface area contributed by atoms with Crippen LogP contribution in [0.3, 0.4) is 0 Å². The van der Waals surface area contributed by atoms with E-state index in [1.165, 1.54) is 21.9 Å². The summed E-state index contributed by atoms with van der Waals surface area (Å²) in [6.07, 6.45) is 3.56. The quantitative estimate of drug-likeness (QED) is 0.166. The molecule has 0 radical (unpaired) electrons. The van der Waals surface area contributed by atoms with E-state index < -0.39 is 0 Å². The van der Waals surface area contributed by atoms with Crippen molar-refractivity contribution in [2.45, 2.75) is 0 Å². The van der Waals surface area contributed by atoms with Crippen LogP contribution >= 0.6 is 0 Å². The van der Waals surface area contributed by atoms with Gasteiger partial charge >= 0.3 is 0 Å². The zero-order valence-electron chi connectivity index (χ0n) is 33.6. The van der Waals surface area contributed by atoms with Gasteiger partial charge in [0.2, 0.25) is 0 Å². The van der Waals surface area contributed by atoms with Gasteiger partial charge in [0.1, 0.15) is 16.7 Å². The molecule has 13 aromatic rings. The number of hydrogen-bond donors (Lipinski definition) is 0. The molecule has 0 saturated heterocycles. The average Bonchev–Trinajstić information content (AvgIpc) is 4.03. The molecule has 7 heteroatoms.